The maximum atomic E-state index is 4.61. The standard InChI is InChI=1S/C13H16N2S/c1-9-10(2)16-13(15-9)12(14-3)11-7-5-4-6-8-11/h4-8,12,14H,1-3H3. The van der Waals surface area contributed by atoms with Crippen LogP contribution in [0.1, 0.15) is 27.2 Å². The number of aryl methyl sites for hydroxylation is 2. The van der Waals surface area contributed by atoms with Gasteiger partial charge in [0.05, 0.1) is 11.7 Å². The van der Waals surface area contributed by atoms with E-state index in [9.17, 15) is 0 Å². The molecule has 1 atom stereocenters. The van der Waals surface area contributed by atoms with Crippen LogP contribution in [0.4, 0.5) is 0 Å². The van der Waals surface area contributed by atoms with Crippen molar-refractivity contribution in [2.45, 2.75) is 19.9 Å². The number of hydrogen-bond acceptors (Lipinski definition) is 3. The molecule has 1 N–H and O–H groups in total. The number of aromatic nitrogens is 1. The summed E-state index contributed by atoms with van der Waals surface area (Å²) in [6.45, 7) is 4.18. The average Bonchev–Trinajstić information content (AvgIpc) is 2.61. The topological polar surface area (TPSA) is 24.9 Å². The van der Waals surface area contributed by atoms with Gasteiger partial charge in [-0.25, -0.2) is 4.98 Å². The van der Waals surface area contributed by atoms with E-state index >= 15 is 0 Å². The molecule has 1 heterocycles. The Balaban J connectivity index is 2.37. The maximum Gasteiger partial charge on any atom is 0.115 e. The predicted octanol–water partition coefficient (Wildman–Crippen LogP) is 3.07. The normalized spacial score (nSPS) is 12.7. The van der Waals surface area contributed by atoms with E-state index in [0.29, 0.717) is 0 Å². The molecule has 0 amide bonds. The Hall–Kier alpha value is -1.19. The molecule has 3 heteroatoms. The summed E-state index contributed by atoms with van der Waals surface area (Å²) in [5.41, 5.74) is 2.40. The van der Waals surface area contributed by atoms with E-state index in [0.717, 1.165) is 10.7 Å². The van der Waals surface area contributed by atoms with Gasteiger partial charge in [0, 0.05) is 4.88 Å². The fraction of sp³-hybridized carbons (Fsp3) is 0.308. The lowest BCUT2D eigenvalue weighted by atomic mass is 10.1. The summed E-state index contributed by atoms with van der Waals surface area (Å²) < 4.78 is 0. The van der Waals surface area contributed by atoms with Crippen molar-refractivity contribution >= 4 is 11.3 Å². The van der Waals surface area contributed by atoms with E-state index in [4.69, 9.17) is 0 Å². The number of nitrogens with zero attached hydrogens (tertiary/aromatic N) is 1. The third-order valence-corrected chi connectivity index (χ3v) is 3.85. The van der Waals surface area contributed by atoms with Crippen LogP contribution >= 0.6 is 11.3 Å². The van der Waals surface area contributed by atoms with Gasteiger partial charge in [0.1, 0.15) is 5.01 Å². The lowest BCUT2D eigenvalue weighted by molar-refractivity contribution is 0.685. The van der Waals surface area contributed by atoms with E-state index < -0.39 is 0 Å². The molecule has 2 rings (SSSR count). The molecule has 0 spiro atoms. The SMILES string of the molecule is CNC(c1ccccc1)c1nc(C)c(C)s1. The zero-order chi connectivity index (χ0) is 11.5. The lowest BCUT2D eigenvalue weighted by Crippen LogP contribution is -2.17. The Labute approximate surface area is 100 Å². The van der Waals surface area contributed by atoms with Crippen molar-refractivity contribution in [1.29, 1.82) is 0 Å². The molecule has 0 aliphatic carbocycles. The lowest BCUT2D eigenvalue weighted by Gasteiger charge is -2.13. The van der Waals surface area contributed by atoms with Crippen LogP contribution in [0.3, 0.4) is 0 Å². The number of nitrogens with one attached hydrogen (secondary N) is 1. The van der Waals surface area contributed by atoms with E-state index in [2.05, 4.69) is 48.4 Å². The fourth-order valence-electron chi connectivity index (χ4n) is 1.70. The van der Waals surface area contributed by atoms with Gasteiger partial charge in [-0.2, -0.15) is 0 Å². The summed E-state index contributed by atoms with van der Waals surface area (Å²) in [4.78, 5) is 5.91. The highest BCUT2D eigenvalue weighted by Crippen LogP contribution is 2.27. The molecule has 16 heavy (non-hydrogen) atoms. The molecule has 1 aromatic carbocycles. The largest absolute Gasteiger partial charge is 0.307 e. The van der Waals surface area contributed by atoms with Crippen molar-refractivity contribution in [2.75, 3.05) is 7.05 Å². The molecule has 0 aliphatic rings. The molecule has 1 unspecified atom stereocenters. The van der Waals surface area contributed by atoms with Crippen LogP contribution in [0.2, 0.25) is 0 Å². The number of hydrogen-bond donors (Lipinski definition) is 1. The van der Waals surface area contributed by atoms with E-state index in [1.807, 2.05) is 13.1 Å². The molecular formula is C13H16N2S. The van der Waals surface area contributed by atoms with E-state index in [-0.39, 0.29) is 6.04 Å². The van der Waals surface area contributed by atoms with Crippen LogP contribution in [0.15, 0.2) is 30.3 Å². The summed E-state index contributed by atoms with van der Waals surface area (Å²) in [5.74, 6) is 0. The van der Waals surface area contributed by atoms with Crippen molar-refractivity contribution in [3.63, 3.8) is 0 Å². The fourth-order valence-corrected chi connectivity index (χ4v) is 2.76. The van der Waals surface area contributed by atoms with Gasteiger partial charge in [-0.15, -0.1) is 11.3 Å². The molecule has 0 bridgehead atoms. The van der Waals surface area contributed by atoms with Gasteiger partial charge >= 0.3 is 0 Å². The molecular weight excluding hydrogens is 216 g/mol. The summed E-state index contributed by atoms with van der Waals surface area (Å²) in [5, 5.41) is 4.47. The van der Waals surface area contributed by atoms with Gasteiger partial charge in [0.15, 0.2) is 0 Å². The summed E-state index contributed by atoms with van der Waals surface area (Å²) >= 11 is 1.77. The van der Waals surface area contributed by atoms with Crippen LogP contribution < -0.4 is 5.32 Å². The van der Waals surface area contributed by atoms with Gasteiger partial charge in [-0.05, 0) is 26.5 Å². The minimum absolute atomic E-state index is 0.207. The van der Waals surface area contributed by atoms with Gasteiger partial charge in [0.25, 0.3) is 0 Å². The first-order valence-electron chi connectivity index (χ1n) is 5.38. The van der Waals surface area contributed by atoms with Gasteiger partial charge < -0.3 is 5.32 Å². The van der Waals surface area contributed by atoms with Crippen LogP contribution in [-0.4, -0.2) is 12.0 Å². The van der Waals surface area contributed by atoms with Gasteiger partial charge in [-0.3, -0.25) is 0 Å². The van der Waals surface area contributed by atoms with E-state index in [1.54, 1.807) is 11.3 Å². The number of benzene rings is 1. The average molecular weight is 232 g/mol. The van der Waals surface area contributed by atoms with E-state index in [1.165, 1.54) is 10.4 Å². The van der Waals surface area contributed by atoms with Crippen molar-refractivity contribution in [3.05, 3.63) is 51.5 Å². The highest BCUT2D eigenvalue weighted by molar-refractivity contribution is 7.11. The molecule has 2 nitrogen and oxygen atoms in total. The van der Waals surface area contributed by atoms with Crippen LogP contribution in [-0.2, 0) is 0 Å². The quantitative estimate of drug-likeness (QED) is 0.879. The van der Waals surface area contributed by atoms with Crippen LogP contribution in [0.25, 0.3) is 0 Å². The predicted molar refractivity (Wildman–Crippen MR) is 68.9 cm³/mol. The molecule has 1 aromatic heterocycles. The molecule has 0 fully saturated rings. The second-order valence-corrected chi connectivity index (χ2v) is 5.06. The molecule has 0 saturated heterocycles. The Kier molecular flexibility index (Phi) is 3.36. The molecule has 0 aliphatic heterocycles. The minimum atomic E-state index is 0.207. The van der Waals surface area contributed by atoms with Crippen LogP contribution in [0, 0.1) is 13.8 Å². The second kappa shape index (κ2) is 4.76. The second-order valence-electron chi connectivity index (χ2n) is 3.83. The van der Waals surface area contributed by atoms with Crippen molar-refractivity contribution < 1.29 is 0 Å². The summed E-state index contributed by atoms with van der Waals surface area (Å²) in [6.07, 6.45) is 0. The highest BCUT2D eigenvalue weighted by atomic mass is 32.1. The zero-order valence-electron chi connectivity index (χ0n) is 9.82. The Morgan fingerprint density at radius 3 is 2.38 bits per heavy atom. The van der Waals surface area contributed by atoms with Crippen LogP contribution in [0.5, 0.6) is 0 Å². The first kappa shape index (κ1) is 11.3. The highest BCUT2D eigenvalue weighted by Gasteiger charge is 2.16. The van der Waals surface area contributed by atoms with Crippen molar-refractivity contribution in [1.82, 2.24) is 10.3 Å². The maximum absolute atomic E-state index is 4.61. The summed E-state index contributed by atoms with van der Waals surface area (Å²) in [7, 11) is 1.98. The Bertz CT molecular complexity index is 443. The number of rotatable bonds is 3. The molecule has 0 radical (unpaired) electrons. The van der Waals surface area contributed by atoms with Gasteiger partial charge in [-0.1, -0.05) is 30.3 Å². The Morgan fingerprint density at radius 1 is 1.19 bits per heavy atom. The first-order chi connectivity index (χ1) is 7.72. The monoisotopic (exact) mass is 232 g/mol. The summed E-state index contributed by atoms with van der Waals surface area (Å²) in [6, 6.07) is 10.6. The minimum Gasteiger partial charge on any atom is -0.307 e. The zero-order valence-corrected chi connectivity index (χ0v) is 10.6. The molecule has 84 valence electrons. The Morgan fingerprint density at radius 2 is 1.88 bits per heavy atom. The smallest absolute Gasteiger partial charge is 0.115 e. The van der Waals surface area contributed by atoms with Crippen molar-refractivity contribution in [2.24, 2.45) is 0 Å². The van der Waals surface area contributed by atoms with Gasteiger partial charge in [0.2, 0.25) is 0 Å². The first-order valence-corrected chi connectivity index (χ1v) is 6.20. The number of thiazole rings is 1. The third kappa shape index (κ3) is 2.15. The molecule has 0 saturated carbocycles. The third-order valence-electron chi connectivity index (χ3n) is 2.71. The molecule has 2 aromatic rings. The van der Waals surface area contributed by atoms with Crippen molar-refractivity contribution in [3.8, 4) is 0 Å².